The van der Waals surface area contributed by atoms with Crippen LogP contribution in [0.5, 0.6) is 5.75 Å². The van der Waals surface area contributed by atoms with E-state index in [1.165, 1.54) is 0 Å². The fourth-order valence-corrected chi connectivity index (χ4v) is 4.19. The number of carbonyl (C=O) groups excluding carboxylic acids is 1. The number of benzene rings is 2. The van der Waals surface area contributed by atoms with Crippen molar-refractivity contribution in [2.75, 3.05) is 0 Å². The van der Waals surface area contributed by atoms with Gasteiger partial charge in [-0.2, -0.15) is 4.98 Å². The van der Waals surface area contributed by atoms with Gasteiger partial charge >= 0.3 is 0 Å². The quantitative estimate of drug-likeness (QED) is 0.243. The summed E-state index contributed by atoms with van der Waals surface area (Å²) < 4.78 is 13.6. The van der Waals surface area contributed by atoms with E-state index >= 15 is 0 Å². The average molecular weight is 466 g/mol. The molecule has 0 fully saturated rings. The highest BCUT2D eigenvalue weighted by Crippen LogP contribution is 2.34. The molecule has 4 rings (SSSR count). The molecule has 0 spiro atoms. The third-order valence-corrected chi connectivity index (χ3v) is 5.77. The summed E-state index contributed by atoms with van der Waals surface area (Å²) in [6.45, 7) is 6.97. The van der Waals surface area contributed by atoms with Crippen LogP contribution in [0.1, 0.15) is 45.6 Å². The highest BCUT2D eigenvalue weighted by Gasteiger charge is 2.18. The Kier molecular flexibility index (Phi) is 7.14. The number of aryl methyl sites for hydroxylation is 2. The summed E-state index contributed by atoms with van der Waals surface area (Å²) in [6.07, 6.45) is 6.52. The van der Waals surface area contributed by atoms with E-state index in [4.69, 9.17) is 20.9 Å². The van der Waals surface area contributed by atoms with Crippen LogP contribution in [0.3, 0.4) is 0 Å². The Labute approximate surface area is 198 Å². The number of carbonyl (C=O) groups is 1. The zero-order chi connectivity index (χ0) is 23.4. The molecular formula is C26H28ClN3O3. The van der Waals surface area contributed by atoms with Crippen LogP contribution >= 0.6 is 11.6 Å². The maximum atomic E-state index is 11.0. The Morgan fingerprint density at radius 3 is 2.82 bits per heavy atom. The molecular weight excluding hydrogens is 438 g/mol. The predicted molar refractivity (Wildman–Crippen MR) is 131 cm³/mol. The van der Waals surface area contributed by atoms with Crippen molar-refractivity contribution in [2.24, 2.45) is 0 Å². The van der Waals surface area contributed by atoms with Gasteiger partial charge in [-0.25, -0.2) is 0 Å². The fraction of sp³-hybridized carbons (Fsp3) is 0.346. The van der Waals surface area contributed by atoms with Crippen molar-refractivity contribution in [3.63, 3.8) is 0 Å². The molecule has 0 atom stereocenters. The number of hydrogen-bond acceptors (Lipinski definition) is 5. The van der Waals surface area contributed by atoms with Gasteiger partial charge in [0.2, 0.25) is 5.82 Å². The van der Waals surface area contributed by atoms with E-state index in [0.717, 1.165) is 53.3 Å². The van der Waals surface area contributed by atoms with Crippen LogP contribution in [-0.2, 0) is 17.8 Å². The number of hydrogen-bond donors (Lipinski definition) is 0. The van der Waals surface area contributed by atoms with Gasteiger partial charge in [-0.3, -0.25) is 0 Å². The van der Waals surface area contributed by atoms with E-state index < -0.39 is 0 Å². The molecule has 2 aromatic heterocycles. The third kappa shape index (κ3) is 4.96. The zero-order valence-electron chi connectivity index (χ0n) is 19.2. The van der Waals surface area contributed by atoms with Gasteiger partial charge in [-0.05, 0) is 56.5 Å². The number of fused-ring (bicyclic) bond motifs is 1. The van der Waals surface area contributed by atoms with Crippen molar-refractivity contribution in [1.82, 2.24) is 14.7 Å². The van der Waals surface area contributed by atoms with E-state index in [0.29, 0.717) is 35.3 Å². The van der Waals surface area contributed by atoms with Gasteiger partial charge in [-0.15, -0.1) is 0 Å². The van der Waals surface area contributed by atoms with Crippen LogP contribution in [0.25, 0.3) is 33.7 Å². The van der Waals surface area contributed by atoms with Crippen LogP contribution in [0, 0.1) is 0 Å². The van der Waals surface area contributed by atoms with Gasteiger partial charge in [0.15, 0.2) is 0 Å². The molecule has 0 radical (unpaired) electrons. The Bertz CT molecular complexity index is 1260. The highest BCUT2D eigenvalue weighted by molar-refractivity contribution is 6.32. The van der Waals surface area contributed by atoms with Gasteiger partial charge < -0.3 is 18.6 Å². The molecule has 6 nitrogen and oxygen atoms in total. The minimum absolute atomic E-state index is 0.0317. The smallest absolute Gasteiger partial charge is 0.258 e. The number of nitrogens with zero attached hydrogens (tertiary/aromatic N) is 3. The second-order valence-corrected chi connectivity index (χ2v) is 8.75. The van der Waals surface area contributed by atoms with Gasteiger partial charge in [0.1, 0.15) is 12.0 Å². The summed E-state index contributed by atoms with van der Waals surface area (Å²) in [4.78, 5) is 15.6. The first-order chi connectivity index (χ1) is 16.0. The Hall–Kier alpha value is -3.12. The molecule has 172 valence electrons. The van der Waals surface area contributed by atoms with E-state index in [2.05, 4.69) is 33.9 Å². The zero-order valence-corrected chi connectivity index (χ0v) is 19.9. The number of halogens is 1. The van der Waals surface area contributed by atoms with Gasteiger partial charge in [0, 0.05) is 35.7 Å². The predicted octanol–water partition coefficient (Wildman–Crippen LogP) is 6.73. The number of aldehydes is 1. The molecule has 2 heterocycles. The van der Waals surface area contributed by atoms with Gasteiger partial charge in [-0.1, -0.05) is 42.2 Å². The van der Waals surface area contributed by atoms with Crippen molar-refractivity contribution >= 4 is 28.8 Å². The molecule has 7 heteroatoms. The minimum atomic E-state index is 0.0317. The summed E-state index contributed by atoms with van der Waals surface area (Å²) in [5.74, 6) is 1.54. The standard InChI is InChI=1S/C26H28ClN3O3/c1-4-5-13-30-16-19(8-7-14-31)20-9-6-10-21(24(20)30)25-28-26(33-29-25)18-11-12-23(22(27)15-18)32-17(2)3/h6,9-12,14-17H,4-5,7-8,13H2,1-3H3. The van der Waals surface area contributed by atoms with E-state index in [-0.39, 0.29) is 6.10 Å². The summed E-state index contributed by atoms with van der Waals surface area (Å²) in [6, 6.07) is 11.6. The third-order valence-electron chi connectivity index (χ3n) is 5.47. The second kappa shape index (κ2) is 10.2. The molecule has 0 unspecified atom stereocenters. The molecule has 0 aliphatic carbocycles. The van der Waals surface area contributed by atoms with E-state index in [1.54, 1.807) is 6.07 Å². The number of aromatic nitrogens is 3. The van der Waals surface area contributed by atoms with Crippen molar-refractivity contribution in [1.29, 1.82) is 0 Å². The number of ether oxygens (including phenoxy) is 1. The second-order valence-electron chi connectivity index (χ2n) is 8.34. The molecule has 33 heavy (non-hydrogen) atoms. The minimum Gasteiger partial charge on any atom is -0.489 e. The Morgan fingerprint density at radius 2 is 2.09 bits per heavy atom. The largest absolute Gasteiger partial charge is 0.489 e. The Balaban J connectivity index is 1.73. The summed E-state index contributed by atoms with van der Waals surface area (Å²) in [7, 11) is 0. The molecule has 0 bridgehead atoms. The molecule has 0 N–H and O–H groups in total. The molecule has 4 aromatic rings. The first-order valence-corrected chi connectivity index (χ1v) is 11.7. The summed E-state index contributed by atoms with van der Waals surface area (Å²) in [5, 5.41) is 5.89. The summed E-state index contributed by atoms with van der Waals surface area (Å²) in [5.41, 5.74) is 3.86. The molecule has 0 saturated heterocycles. The topological polar surface area (TPSA) is 70.2 Å². The van der Waals surface area contributed by atoms with Crippen molar-refractivity contribution in [2.45, 2.75) is 59.1 Å². The lowest BCUT2D eigenvalue weighted by Crippen LogP contribution is -2.05. The van der Waals surface area contributed by atoms with E-state index in [1.807, 2.05) is 38.1 Å². The molecule has 0 aliphatic heterocycles. The first-order valence-electron chi connectivity index (χ1n) is 11.4. The number of para-hydroxylation sites is 1. The van der Waals surface area contributed by atoms with Crippen LogP contribution in [-0.4, -0.2) is 27.1 Å². The molecule has 2 aromatic carbocycles. The molecule has 0 saturated carbocycles. The van der Waals surface area contributed by atoms with Crippen LogP contribution in [0.2, 0.25) is 5.02 Å². The van der Waals surface area contributed by atoms with Crippen LogP contribution < -0.4 is 4.74 Å². The maximum absolute atomic E-state index is 11.0. The lowest BCUT2D eigenvalue weighted by molar-refractivity contribution is -0.107. The molecule has 0 aliphatic rings. The van der Waals surface area contributed by atoms with E-state index in [9.17, 15) is 4.79 Å². The van der Waals surface area contributed by atoms with Crippen molar-refractivity contribution in [3.8, 4) is 28.6 Å². The fourth-order valence-electron chi connectivity index (χ4n) is 3.97. The monoisotopic (exact) mass is 465 g/mol. The van der Waals surface area contributed by atoms with Gasteiger partial charge in [0.05, 0.1) is 16.6 Å². The lowest BCUT2D eigenvalue weighted by atomic mass is 10.1. The lowest BCUT2D eigenvalue weighted by Gasteiger charge is -2.11. The maximum Gasteiger partial charge on any atom is 0.258 e. The molecule has 0 amide bonds. The Morgan fingerprint density at radius 1 is 1.24 bits per heavy atom. The SMILES string of the molecule is CCCCn1cc(CCC=O)c2cccc(-c3noc(-c4ccc(OC(C)C)c(Cl)c4)n3)c21. The summed E-state index contributed by atoms with van der Waals surface area (Å²) >= 11 is 6.40. The number of rotatable bonds is 10. The van der Waals surface area contributed by atoms with Crippen molar-refractivity contribution < 1.29 is 14.1 Å². The first kappa shape index (κ1) is 23.1. The van der Waals surface area contributed by atoms with Crippen LogP contribution in [0.4, 0.5) is 0 Å². The van der Waals surface area contributed by atoms with Gasteiger partial charge in [0.25, 0.3) is 5.89 Å². The number of unbranched alkanes of at least 4 members (excludes halogenated alkanes) is 1. The highest BCUT2D eigenvalue weighted by atomic mass is 35.5. The van der Waals surface area contributed by atoms with Crippen molar-refractivity contribution in [3.05, 3.63) is 53.2 Å². The average Bonchev–Trinajstić information content (AvgIpc) is 3.43. The van der Waals surface area contributed by atoms with Crippen LogP contribution in [0.15, 0.2) is 47.1 Å². The normalized spacial score (nSPS) is 11.4.